The van der Waals surface area contributed by atoms with E-state index in [9.17, 15) is 4.79 Å². The van der Waals surface area contributed by atoms with Crippen molar-refractivity contribution in [3.05, 3.63) is 22.5 Å². The van der Waals surface area contributed by atoms with Gasteiger partial charge in [-0.1, -0.05) is 0 Å². The van der Waals surface area contributed by atoms with Gasteiger partial charge in [-0.2, -0.15) is 15.0 Å². The Morgan fingerprint density at radius 3 is 2.71 bits per heavy atom. The van der Waals surface area contributed by atoms with Crippen LogP contribution in [-0.4, -0.2) is 45.3 Å². The van der Waals surface area contributed by atoms with Gasteiger partial charge in [0, 0.05) is 32.3 Å². The van der Waals surface area contributed by atoms with Crippen LogP contribution >= 0.6 is 0 Å². The van der Waals surface area contributed by atoms with Gasteiger partial charge in [0.05, 0.1) is 0 Å². The summed E-state index contributed by atoms with van der Waals surface area (Å²) in [4.78, 5) is 25.4. The average Bonchev–Trinajstić information content (AvgIpc) is 3.25. The number of hydrogen-bond donors (Lipinski definition) is 2. The lowest BCUT2D eigenvalue weighted by Gasteiger charge is -2.13. The number of aromatic amines is 1. The summed E-state index contributed by atoms with van der Waals surface area (Å²) >= 11 is 0. The fourth-order valence-corrected chi connectivity index (χ4v) is 1.55. The number of ether oxygens (including phenoxy) is 1. The third-order valence-electron chi connectivity index (χ3n) is 2.76. The first-order chi connectivity index (χ1) is 10.1. The molecule has 0 amide bonds. The Morgan fingerprint density at radius 1 is 1.29 bits per heavy atom. The van der Waals surface area contributed by atoms with Gasteiger partial charge in [-0.05, 0) is 12.8 Å². The highest BCUT2D eigenvalue weighted by Gasteiger charge is 2.23. The molecular formula is C12H15N7O2. The topological polar surface area (TPSA) is 109 Å². The SMILES string of the molecule is CN(C)c1nc(NC2CC2)nc(Oc2ccc(=O)[nH]n2)n1. The lowest BCUT2D eigenvalue weighted by molar-refractivity contribution is 0.417. The second-order valence-corrected chi connectivity index (χ2v) is 4.92. The lowest BCUT2D eigenvalue weighted by atomic mass is 10.6. The minimum Gasteiger partial charge on any atom is -0.403 e. The highest BCUT2D eigenvalue weighted by Crippen LogP contribution is 2.25. The van der Waals surface area contributed by atoms with Gasteiger partial charge in [0.25, 0.3) is 5.56 Å². The number of nitrogens with one attached hydrogen (secondary N) is 2. The molecule has 0 radical (unpaired) electrons. The van der Waals surface area contributed by atoms with Crippen LogP contribution in [0.1, 0.15) is 12.8 Å². The number of aromatic nitrogens is 5. The van der Waals surface area contributed by atoms with Crippen molar-refractivity contribution < 1.29 is 4.74 Å². The molecule has 9 heteroatoms. The molecule has 3 rings (SSSR count). The Labute approximate surface area is 120 Å². The molecule has 0 atom stereocenters. The second kappa shape index (κ2) is 5.35. The Balaban J connectivity index is 1.86. The second-order valence-electron chi connectivity index (χ2n) is 4.92. The van der Waals surface area contributed by atoms with Gasteiger partial charge in [-0.3, -0.25) is 4.79 Å². The predicted molar refractivity (Wildman–Crippen MR) is 75.7 cm³/mol. The standard InChI is InChI=1S/C12H15N7O2/c1-19(2)11-14-10(13-7-3-4-7)15-12(16-11)21-9-6-5-8(20)17-18-9/h5-7H,3-4H2,1-2H3,(H,17,20)(H,13,14,15,16). The average molecular weight is 289 g/mol. The van der Waals surface area contributed by atoms with Crippen LogP contribution in [-0.2, 0) is 0 Å². The summed E-state index contributed by atoms with van der Waals surface area (Å²) in [6, 6.07) is 3.31. The third kappa shape index (κ3) is 3.44. The van der Waals surface area contributed by atoms with E-state index in [-0.39, 0.29) is 17.4 Å². The molecule has 0 bridgehead atoms. The van der Waals surface area contributed by atoms with Crippen molar-refractivity contribution in [2.24, 2.45) is 0 Å². The molecule has 1 fully saturated rings. The summed E-state index contributed by atoms with van der Waals surface area (Å²) in [5.74, 6) is 1.16. The lowest BCUT2D eigenvalue weighted by Crippen LogP contribution is -2.16. The van der Waals surface area contributed by atoms with E-state index in [1.807, 2.05) is 14.1 Å². The maximum Gasteiger partial charge on any atom is 0.330 e. The van der Waals surface area contributed by atoms with Crippen LogP contribution in [0.15, 0.2) is 16.9 Å². The van der Waals surface area contributed by atoms with Crippen molar-refractivity contribution in [1.29, 1.82) is 0 Å². The van der Waals surface area contributed by atoms with Gasteiger partial charge in [0.1, 0.15) is 0 Å². The zero-order valence-electron chi connectivity index (χ0n) is 11.7. The van der Waals surface area contributed by atoms with Gasteiger partial charge < -0.3 is 15.0 Å². The molecule has 1 aliphatic carbocycles. The van der Waals surface area contributed by atoms with Gasteiger partial charge in [-0.15, -0.1) is 5.10 Å². The number of rotatable bonds is 5. The number of hydrogen-bond acceptors (Lipinski definition) is 8. The zero-order chi connectivity index (χ0) is 14.8. The van der Waals surface area contributed by atoms with E-state index in [4.69, 9.17) is 4.74 Å². The molecule has 2 aromatic rings. The molecule has 0 spiro atoms. The Hall–Kier alpha value is -2.71. The van der Waals surface area contributed by atoms with Gasteiger partial charge >= 0.3 is 6.01 Å². The summed E-state index contributed by atoms with van der Waals surface area (Å²) < 4.78 is 5.46. The zero-order valence-corrected chi connectivity index (χ0v) is 11.7. The third-order valence-corrected chi connectivity index (χ3v) is 2.76. The summed E-state index contributed by atoms with van der Waals surface area (Å²) in [7, 11) is 3.66. The van der Waals surface area contributed by atoms with E-state index < -0.39 is 0 Å². The first-order valence-corrected chi connectivity index (χ1v) is 6.54. The summed E-state index contributed by atoms with van der Waals surface area (Å²) in [6.07, 6.45) is 2.22. The molecule has 0 aliphatic heterocycles. The van der Waals surface area contributed by atoms with E-state index >= 15 is 0 Å². The van der Waals surface area contributed by atoms with Gasteiger partial charge in [0.2, 0.25) is 17.8 Å². The number of H-pyrrole nitrogens is 1. The van der Waals surface area contributed by atoms with Crippen LogP contribution in [0.4, 0.5) is 11.9 Å². The molecule has 110 valence electrons. The minimum atomic E-state index is -0.303. The van der Waals surface area contributed by atoms with E-state index in [1.54, 1.807) is 4.90 Å². The maximum absolute atomic E-state index is 11.0. The Kier molecular flexibility index (Phi) is 3.38. The van der Waals surface area contributed by atoms with Crippen molar-refractivity contribution >= 4 is 11.9 Å². The van der Waals surface area contributed by atoms with Crippen molar-refractivity contribution in [2.75, 3.05) is 24.3 Å². The fourth-order valence-electron chi connectivity index (χ4n) is 1.55. The normalized spacial score (nSPS) is 13.8. The smallest absolute Gasteiger partial charge is 0.330 e. The number of anilines is 2. The van der Waals surface area contributed by atoms with E-state index in [0.717, 1.165) is 12.8 Å². The van der Waals surface area contributed by atoms with Crippen molar-refractivity contribution in [3.63, 3.8) is 0 Å². The van der Waals surface area contributed by atoms with Crippen LogP contribution in [0.2, 0.25) is 0 Å². The van der Waals surface area contributed by atoms with Crippen molar-refractivity contribution in [1.82, 2.24) is 25.1 Å². The van der Waals surface area contributed by atoms with Crippen molar-refractivity contribution in [2.45, 2.75) is 18.9 Å². The van der Waals surface area contributed by atoms with Crippen LogP contribution in [0, 0.1) is 0 Å². The number of nitrogens with zero attached hydrogens (tertiary/aromatic N) is 5. The quantitative estimate of drug-likeness (QED) is 0.813. The molecule has 0 saturated heterocycles. The molecule has 2 N–H and O–H groups in total. The molecule has 2 aromatic heterocycles. The highest BCUT2D eigenvalue weighted by atomic mass is 16.5. The Bertz CT molecular complexity index is 676. The molecular weight excluding hydrogens is 274 g/mol. The molecule has 0 unspecified atom stereocenters. The monoisotopic (exact) mass is 289 g/mol. The molecule has 1 saturated carbocycles. The van der Waals surface area contributed by atoms with Crippen LogP contribution in [0.3, 0.4) is 0 Å². The molecule has 1 aliphatic rings. The first-order valence-electron chi connectivity index (χ1n) is 6.54. The summed E-state index contributed by atoms with van der Waals surface area (Å²) in [5.41, 5.74) is -0.303. The summed E-state index contributed by atoms with van der Waals surface area (Å²) in [5, 5.41) is 9.24. The maximum atomic E-state index is 11.0. The first kappa shape index (κ1) is 13.3. The van der Waals surface area contributed by atoms with E-state index in [0.29, 0.717) is 17.9 Å². The fraction of sp³-hybridized carbons (Fsp3) is 0.417. The van der Waals surface area contributed by atoms with Crippen LogP contribution in [0.5, 0.6) is 11.9 Å². The van der Waals surface area contributed by atoms with Gasteiger partial charge in [0.15, 0.2) is 0 Å². The van der Waals surface area contributed by atoms with E-state index in [2.05, 4.69) is 30.5 Å². The molecule has 9 nitrogen and oxygen atoms in total. The van der Waals surface area contributed by atoms with Crippen LogP contribution < -0.4 is 20.5 Å². The summed E-state index contributed by atoms with van der Waals surface area (Å²) in [6.45, 7) is 0. The molecule has 2 heterocycles. The Morgan fingerprint density at radius 2 is 2.10 bits per heavy atom. The van der Waals surface area contributed by atoms with Gasteiger partial charge in [-0.25, -0.2) is 5.10 Å². The van der Waals surface area contributed by atoms with E-state index in [1.165, 1.54) is 12.1 Å². The predicted octanol–water partition coefficient (Wildman–Crippen LogP) is 0.387. The largest absolute Gasteiger partial charge is 0.403 e. The van der Waals surface area contributed by atoms with Crippen molar-refractivity contribution in [3.8, 4) is 11.9 Å². The molecule has 0 aromatic carbocycles. The van der Waals surface area contributed by atoms with Crippen LogP contribution in [0.25, 0.3) is 0 Å². The minimum absolute atomic E-state index is 0.122. The highest BCUT2D eigenvalue weighted by molar-refractivity contribution is 5.39. The molecule has 21 heavy (non-hydrogen) atoms.